The third-order valence-corrected chi connectivity index (χ3v) is 1.10. The van der Waals surface area contributed by atoms with Gasteiger partial charge in [0.1, 0.15) is 18.5 Å². The summed E-state index contributed by atoms with van der Waals surface area (Å²) >= 11 is 0. The molecule has 0 bridgehead atoms. The first-order chi connectivity index (χ1) is 5.29. The van der Waals surface area contributed by atoms with Crippen LogP contribution in [0.15, 0.2) is 11.8 Å². The van der Waals surface area contributed by atoms with Gasteiger partial charge in [-0.3, -0.25) is 0 Å². The van der Waals surface area contributed by atoms with Gasteiger partial charge in [-0.2, -0.15) is 0 Å². The summed E-state index contributed by atoms with van der Waals surface area (Å²) in [4.78, 5) is 0. The molecule has 3 nitrogen and oxygen atoms in total. The van der Waals surface area contributed by atoms with E-state index in [1.54, 1.807) is 13.0 Å². The molecule has 0 aromatic rings. The first kappa shape index (κ1) is 8.12. The van der Waals surface area contributed by atoms with Crippen LogP contribution in [-0.4, -0.2) is 24.6 Å². The van der Waals surface area contributed by atoms with Crippen molar-refractivity contribution in [2.75, 3.05) is 13.4 Å². The zero-order valence-corrected chi connectivity index (χ0v) is 6.33. The zero-order valence-electron chi connectivity index (χ0n) is 6.33. The van der Waals surface area contributed by atoms with Gasteiger partial charge in [-0.05, 0) is 6.92 Å². The molecule has 60 valence electrons. The highest BCUT2D eigenvalue weighted by atomic mass is 16.7. The Morgan fingerprint density at radius 2 is 2.55 bits per heavy atom. The van der Waals surface area contributed by atoms with Crippen LogP contribution in [0.3, 0.4) is 0 Å². The van der Waals surface area contributed by atoms with Crippen molar-refractivity contribution in [3.63, 3.8) is 0 Å². The van der Waals surface area contributed by atoms with Gasteiger partial charge in [0.2, 0.25) is 0 Å². The van der Waals surface area contributed by atoms with E-state index in [-0.39, 0.29) is 0 Å². The van der Waals surface area contributed by atoms with E-state index in [1.165, 1.54) is 0 Å². The van der Waals surface area contributed by atoms with Gasteiger partial charge in [0, 0.05) is 6.08 Å². The van der Waals surface area contributed by atoms with Crippen molar-refractivity contribution in [2.24, 2.45) is 0 Å². The van der Waals surface area contributed by atoms with Gasteiger partial charge >= 0.3 is 0 Å². The smallest absolute Gasteiger partial charge is 0.189 e. The van der Waals surface area contributed by atoms with Crippen molar-refractivity contribution in [3.8, 4) is 11.8 Å². The Bertz CT molecular complexity index is 199. The molecule has 0 aliphatic carbocycles. The fourth-order valence-electron chi connectivity index (χ4n) is 0.627. The maximum absolute atomic E-state index is 8.75. The minimum absolute atomic E-state index is 0.308. The molecule has 11 heavy (non-hydrogen) atoms. The monoisotopic (exact) mass is 154 g/mol. The minimum Gasteiger partial charge on any atom is -0.469 e. The summed E-state index contributed by atoms with van der Waals surface area (Å²) in [5.74, 6) is 5.95. The number of aliphatic hydroxyl groups excluding tert-OH is 1. The van der Waals surface area contributed by atoms with E-state index < -0.39 is 6.10 Å². The molecule has 1 fully saturated rings. The molecule has 0 aromatic carbocycles. The second kappa shape index (κ2) is 4.02. The lowest BCUT2D eigenvalue weighted by atomic mass is 10.4. The van der Waals surface area contributed by atoms with Gasteiger partial charge in [-0.15, -0.1) is 0 Å². The number of aliphatic hydroxyl groups is 1. The average molecular weight is 154 g/mol. The van der Waals surface area contributed by atoms with Crippen molar-refractivity contribution in [1.82, 2.24) is 0 Å². The maximum atomic E-state index is 8.75. The van der Waals surface area contributed by atoms with Crippen LogP contribution in [0.4, 0.5) is 0 Å². The standard InChI is InChI=1S/C8H10O3/c1-7(9)3-2-4-8-5-10-6-11-8/h4,7,9H,5-6H2,1H3/b8-4+. The summed E-state index contributed by atoms with van der Waals surface area (Å²) in [6.07, 6.45) is 1.02. The number of hydrogen-bond donors (Lipinski definition) is 1. The number of ether oxygens (including phenoxy) is 2. The van der Waals surface area contributed by atoms with Crippen molar-refractivity contribution < 1.29 is 14.6 Å². The van der Waals surface area contributed by atoms with E-state index in [4.69, 9.17) is 14.6 Å². The van der Waals surface area contributed by atoms with Gasteiger partial charge < -0.3 is 14.6 Å². The van der Waals surface area contributed by atoms with E-state index in [0.29, 0.717) is 13.4 Å². The van der Waals surface area contributed by atoms with Gasteiger partial charge in [0.15, 0.2) is 6.79 Å². The third-order valence-electron chi connectivity index (χ3n) is 1.10. The second-order valence-corrected chi connectivity index (χ2v) is 2.19. The number of allylic oxidation sites excluding steroid dienone is 1. The van der Waals surface area contributed by atoms with E-state index >= 15 is 0 Å². The van der Waals surface area contributed by atoms with Crippen LogP contribution in [0.1, 0.15) is 6.92 Å². The third kappa shape index (κ3) is 3.08. The van der Waals surface area contributed by atoms with Crippen LogP contribution >= 0.6 is 0 Å². The summed E-state index contributed by atoms with van der Waals surface area (Å²) in [6, 6.07) is 0. The van der Waals surface area contributed by atoms with Crippen molar-refractivity contribution in [3.05, 3.63) is 11.8 Å². The molecule has 1 atom stereocenters. The minimum atomic E-state index is -0.589. The highest BCUT2D eigenvalue weighted by Gasteiger charge is 2.04. The van der Waals surface area contributed by atoms with E-state index in [9.17, 15) is 0 Å². The lowest BCUT2D eigenvalue weighted by Gasteiger charge is -1.89. The first-order valence-electron chi connectivity index (χ1n) is 3.38. The second-order valence-electron chi connectivity index (χ2n) is 2.19. The quantitative estimate of drug-likeness (QED) is 0.508. The first-order valence-corrected chi connectivity index (χ1v) is 3.38. The lowest BCUT2D eigenvalue weighted by molar-refractivity contribution is 0.0800. The topological polar surface area (TPSA) is 38.7 Å². The fraction of sp³-hybridized carbons (Fsp3) is 0.500. The predicted molar refractivity (Wildman–Crippen MR) is 39.4 cm³/mol. The van der Waals surface area contributed by atoms with Gasteiger partial charge in [0.25, 0.3) is 0 Å². The normalized spacial score (nSPS) is 22.2. The van der Waals surface area contributed by atoms with E-state index in [2.05, 4.69) is 11.8 Å². The Balaban J connectivity index is 2.41. The predicted octanol–water partition coefficient (Wildman–Crippen LogP) is 0.259. The number of hydrogen-bond acceptors (Lipinski definition) is 3. The maximum Gasteiger partial charge on any atom is 0.189 e. The molecule has 1 aliphatic heterocycles. The van der Waals surface area contributed by atoms with Crippen LogP contribution < -0.4 is 0 Å². The van der Waals surface area contributed by atoms with Crippen LogP contribution in [-0.2, 0) is 9.47 Å². The molecular formula is C8H10O3. The molecule has 1 aliphatic rings. The van der Waals surface area contributed by atoms with Gasteiger partial charge in [0.05, 0.1) is 0 Å². The molecule has 1 unspecified atom stereocenters. The summed E-state index contributed by atoms with van der Waals surface area (Å²) in [6.45, 7) is 2.40. The molecule has 0 amide bonds. The molecule has 1 N–H and O–H groups in total. The average Bonchev–Trinajstić information content (AvgIpc) is 2.39. The van der Waals surface area contributed by atoms with Crippen molar-refractivity contribution >= 4 is 0 Å². The Kier molecular flexibility index (Phi) is 2.96. The zero-order chi connectivity index (χ0) is 8.10. The van der Waals surface area contributed by atoms with Crippen LogP contribution in [0.5, 0.6) is 0 Å². The Labute approximate surface area is 65.6 Å². The van der Waals surface area contributed by atoms with Crippen LogP contribution in [0, 0.1) is 11.8 Å². The van der Waals surface area contributed by atoms with Crippen LogP contribution in [0.2, 0.25) is 0 Å². The molecule has 0 radical (unpaired) electrons. The largest absolute Gasteiger partial charge is 0.469 e. The summed E-state index contributed by atoms with van der Waals surface area (Å²) in [7, 11) is 0. The molecule has 0 saturated carbocycles. The van der Waals surface area contributed by atoms with E-state index in [1.807, 2.05) is 0 Å². The number of rotatable bonds is 0. The van der Waals surface area contributed by atoms with E-state index in [0.717, 1.165) is 5.76 Å². The van der Waals surface area contributed by atoms with Gasteiger partial charge in [-0.25, -0.2) is 0 Å². The molecule has 0 aromatic heterocycles. The molecule has 3 heteroatoms. The Morgan fingerprint density at radius 1 is 1.73 bits per heavy atom. The lowest BCUT2D eigenvalue weighted by Crippen LogP contribution is -1.92. The Morgan fingerprint density at radius 3 is 3.09 bits per heavy atom. The highest BCUT2D eigenvalue weighted by Crippen LogP contribution is 2.05. The molecular weight excluding hydrogens is 144 g/mol. The summed E-state index contributed by atoms with van der Waals surface area (Å²) < 4.78 is 9.88. The fourth-order valence-corrected chi connectivity index (χ4v) is 0.627. The Hall–Kier alpha value is -0.980. The molecule has 1 rings (SSSR count). The highest BCUT2D eigenvalue weighted by molar-refractivity contribution is 5.20. The van der Waals surface area contributed by atoms with Crippen molar-refractivity contribution in [1.29, 1.82) is 0 Å². The summed E-state index contributed by atoms with van der Waals surface area (Å²) in [5.41, 5.74) is 0. The molecule has 0 spiro atoms. The molecule has 1 heterocycles. The van der Waals surface area contributed by atoms with Crippen molar-refractivity contribution in [2.45, 2.75) is 13.0 Å². The summed E-state index contributed by atoms with van der Waals surface area (Å²) in [5, 5.41) is 8.75. The SMILES string of the molecule is CC(O)C#C/C=C1\COCO1. The van der Waals surface area contributed by atoms with Gasteiger partial charge in [-0.1, -0.05) is 11.8 Å². The molecule has 1 saturated heterocycles. The van der Waals surface area contributed by atoms with Crippen LogP contribution in [0.25, 0.3) is 0 Å².